The fourth-order valence-electron chi connectivity index (χ4n) is 1.65. The summed E-state index contributed by atoms with van der Waals surface area (Å²) in [5, 5.41) is 15.7. The van der Waals surface area contributed by atoms with Gasteiger partial charge in [-0.1, -0.05) is 46.4 Å². The van der Waals surface area contributed by atoms with E-state index in [9.17, 15) is 0 Å². The van der Waals surface area contributed by atoms with Crippen molar-refractivity contribution in [1.29, 1.82) is 0 Å². The number of halogens is 4. The zero-order valence-corrected chi connectivity index (χ0v) is 14.9. The van der Waals surface area contributed by atoms with E-state index in [-0.39, 0.29) is 0 Å². The molecule has 0 spiro atoms. The van der Waals surface area contributed by atoms with Crippen LogP contribution in [0.1, 0.15) is 5.56 Å². The summed E-state index contributed by atoms with van der Waals surface area (Å²) in [5.74, 6) is 0.394. The number of benzene rings is 1. The molecule has 2 aromatic rings. The predicted octanol–water partition coefficient (Wildman–Crippen LogP) is 4.62. The molecule has 4 nitrogen and oxygen atoms in total. The maximum absolute atomic E-state index is 6.13. The molecule has 0 saturated heterocycles. The minimum atomic E-state index is 0.381. The second-order valence-electron chi connectivity index (χ2n) is 4.22. The normalized spacial score (nSPS) is 10.4. The number of anilines is 1. The van der Waals surface area contributed by atoms with Gasteiger partial charge in [-0.15, -0.1) is 5.10 Å². The van der Waals surface area contributed by atoms with Gasteiger partial charge in [0.15, 0.2) is 10.9 Å². The fraction of sp³-hybridized carbons (Fsp3) is 0.154. The average molecular weight is 396 g/mol. The highest BCUT2D eigenvalue weighted by Crippen LogP contribution is 2.29. The molecular formula is C13H10Cl4N4S. The van der Waals surface area contributed by atoms with Crippen molar-refractivity contribution in [3.63, 3.8) is 0 Å². The Morgan fingerprint density at radius 1 is 1.14 bits per heavy atom. The molecule has 1 heterocycles. The molecule has 0 amide bonds. The molecule has 0 aliphatic heterocycles. The molecule has 0 atom stereocenters. The van der Waals surface area contributed by atoms with Crippen LogP contribution in [0.15, 0.2) is 24.4 Å². The van der Waals surface area contributed by atoms with E-state index in [1.165, 1.54) is 6.20 Å². The zero-order chi connectivity index (χ0) is 16.1. The van der Waals surface area contributed by atoms with E-state index in [2.05, 4.69) is 20.8 Å². The van der Waals surface area contributed by atoms with Crippen molar-refractivity contribution >= 4 is 69.6 Å². The van der Waals surface area contributed by atoms with Crippen LogP contribution in [-0.4, -0.2) is 21.9 Å². The Morgan fingerprint density at radius 2 is 1.91 bits per heavy atom. The molecule has 0 aliphatic rings. The number of hydrogen-bond donors (Lipinski definition) is 2. The van der Waals surface area contributed by atoms with Gasteiger partial charge >= 0.3 is 0 Å². The Morgan fingerprint density at radius 3 is 2.64 bits per heavy atom. The van der Waals surface area contributed by atoms with Crippen LogP contribution in [0.2, 0.25) is 20.1 Å². The predicted molar refractivity (Wildman–Crippen MR) is 96.4 cm³/mol. The minimum absolute atomic E-state index is 0.381. The lowest BCUT2D eigenvalue weighted by atomic mass is 10.1. The minimum Gasteiger partial charge on any atom is -0.362 e. The van der Waals surface area contributed by atoms with Crippen LogP contribution in [0.25, 0.3) is 0 Å². The molecule has 9 heteroatoms. The maximum Gasteiger partial charge on any atom is 0.173 e. The molecule has 0 bridgehead atoms. The highest BCUT2D eigenvalue weighted by Gasteiger charge is 2.08. The monoisotopic (exact) mass is 394 g/mol. The number of aromatic nitrogens is 2. The smallest absolute Gasteiger partial charge is 0.173 e. The van der Waals surface area contributed by atoms with Gasteiger partial charge < -0.3 is 10.6 Å². The lowest BCUT2D eigenvalue weighted by Gasteiger charge is -2.11. The second-order valence-corrected chi connectivity index (χ2v) is 6.26. The molecule has 1 aromatic carbocycles. The summed E-state index contributed by atoms with van der Waals surface area (Å²) in [6.07, 6.45) is 2.10. The average Bonchev–Trinajstić information content (AvgIpc) is 2.46. The van der Waals surface area contributed by atoms with Gasteiger partial charge in [0.1, 0.15) is 0 Å². The van der Waals surface area contributed by atoms with Crippen LogP contribution in [0.3, 0.4) is 0 Å². The SMILES string of the molecule is S=C(NCCc1cc(Cl)cc(Cl)c1Cl)Nc1nnccc1Cl. The van der Waals surface area contributed by atoms with E-state index < -0.39 is 0 Å². The van der Waals surface area contributed by atoms with Crippen molar-refractivity contribution in [3.8, 4) is 0 Å². The zero-order valence-electron chi connectivity index (χ0n) is 11.0. The lowest BCUT2D eigenvalue weighted by molar-refractivity contribution is 0.872. The molecule has 0 unspecified atom stereocenters. The van der Waals surface area contributed by atoms with Gasteiger partial charge in [-0.2, -0.15) is 5.10 Å². The second kappa shape index (κ2) is 8.13. The van der Waals surface area contributed by atoms with Crippen LogP contribution in [0, 0.1) is 0 Å². The summed E-state index contributed by atoms with van der Waals surface area (Å²) < 4.78 is 0. The van der Waals surface area contributed by atoms with E-state index in [0.717, 1.165) is 5.56 Å². The highest BCUT2D eigenvalue weighted by molar-refractivity contribution is 7.80. The van der Waals surface area contributed by atoms with Crippen molar-refractivity contribution in [1.82, 2.24) is 15.5 Å². The third kappa shape index (κ3) is 4.83. The maximum atomic E-state index is 6.13. The van der Waals surface area contributed by atoms with Crippen molar-refractivity contribution in [2.24, 2.45) is 0 Å². The highest BCUT2D eigenvalue weighted by atomic mass is 35.5. The van der Waals surface area contributed by atoms with Gasteiger partial charge in [-0.25, -0.2) is 0 Å². The Labute approximate surface area is 153 Å². The third-order valence-corrected chi connectivity index (χ3v) is 4.26. The van der Waals surface area contributed by atoms with Gasteiger partial charge in [-0.3, -0.25) is 0 Å². The summed E-state index contributed by atoms with van der Waals surface area (Å²) in [4.78, 5) is 0. The van der Waals surface area contributed by atoms with E-state index in [4.69, 9.17) is 58.6 Å². The molecule has 1 aromatic heterocycles. The topological polar surface area (TPSA) is 49.8 Å². The van der Waals surface area contributed by atoms with Gasteiger partial charge in [0.05, 0.1) is 21.3 Å². The van der Waals surface area contributed by atoms with Gasteiger partial charge in [0.2, 0.25) is 0 Å². The first kappa shape index (κ1) is 17.5. The molecule has 116 valence electrons. The largest absolute Gasteiger partial charge is 0.362 e. The van der Waals surface area contributed by atoms with Crippen molar-refractivity contribution in [2.75, 3.05) is 11.9 Å². The van der Waals surface area contributed by atoms with E-state index in [1.807, 2.05) is 0 Å². The number of nitrogens with one attached hydrogen (secondary N) is 2. The summed E-state index contributed by atoms with van der Waals surface area (Å²) in [7, 11) is 0. The van der Waals surface area contributed by atoms with Crippen LogP contribution in [-0.2, 0) is 6.42 Å². The molecule has 2 N–H and O–H groups in total. The van der Waals surface area contributed by atoms with Crippen LogP contribution in [0.5, 0.6) is 0 Å². The van der Waals surface area contributed by atoms with Gasteiger partial charge in [-0.05, 0) is 42.4 Å². The van der Waals surface area contributed by atoms with Crippen molar-refractivity contribution in [3.05, 3.63) is 50.0 Å². The number of hydrogen-bond acceptors (Lipinski definition) is 3. The van der Waals surface area contributed by atoms with Gasteiger partial charge in [0, 0.05) is 11.6 Å². The fourth-order valence-corrected chi connectivity index (χ4v) is 2.73. The van der Waals surface area contributed by atoms with Crippen molar-refractivity contribution in [2.45, 2.75) is 6.42 Å². The van der Waals surface area contributed by atoms with Crippen LogP contribution >= 0.6 is 58.6 Å². The van der Waals surface area contributed by atoms with Crippen LogP contribution < -0.4 is 10.6 Å². The molecule has 0 saturated carbocycles. The molecular weight excluding hydrogens is 386 g/mol. The summed E-state index contributed by atoms with van der Waals surface area (Å²) in [5.41, 5.74) is 0.840. The molecule has 2 rings (SSSR count). The first-order valence-electron chi connectivity index (χ1n) is 6.13. The van der Waals surface area contributed by atoms with Crippen molar-refractivity contribution < 1.29 is 0 Å². The molecule has 0 radical (unpaired) electrons. The Bertz CT molecular complexity index is 696. The Hall–Kier alpha value is -0.850. The van der Waals surface area contributed by atoms with Crippen LogP contribution in [0.4, 0.5) is 5.82 Å². The Balaban J connectivity index is 1.89. The van der Waals surface area contributed by atoms with Gasteiger partial charge in [0.25, 0.3) is 0 Å². The number of thiocarbonyl (C=S) groups is 1. The Kier molecular flexibility index (Phi) is 6.47. The first-order valence-corrected chi connectivity index (χ1v) is 8.05. The van der Waals surface area contributed by atoms with E-state index >= 15 is 0 Å². The molecule has 0 aliphatic carbocycles. The first-order chi connectivity index (χ1) is 10.5. The molecule has 0 fully saturated rings. The van der Waals surface area contributed by atoms with E-state index in [0.29, 0.717) is 44.0 Å². The lowest BCUT2D eigenvalue weighted by Crippen LogP contribution is -2.30. The van der Waals surface area contributed by atoms with E-state index in [1.54, 1.807) is 18.2 Å². The summed E-state index contributed by atoms with van der Waals surface area (Å²) >= 11 is 29.2. The quantitative estimate of drug-likeness (QED) is 0.584. The summed E-state index contributed by atoms with van der Waals surface area (Å²) in [6.45, 7) is 0.542. The standard InChI is InChI=1S/C13H10Cl4N4S/c14-8-5-7(11(17)10(16)6-8)1-3-18-13(22)20-12-9(15)2-4-19-21-12/h2,4-6H,1,3H2,(H2,18,20,21,22). The number of nitrogens with zero attached hydrogens (tertiary/aromatic N) is 2. The summed E-state index contributed by atoms with van der Waals surface area (Å²) in [6, 6.07) is 4.99. The number of rotatable bonds is 4. The molecule has 22 heavy (non-hydrogen) atoms. The third-order valence-electron chi connectivity index (χ3n) is 2.65.